The molecule has 0 radical (unpaired) electrons. The van der Waals surface area contributed by atoms with Crippen LogP contribution in [0.4, 0.5) is 9.59 Å². The minimum absolute atomic E-state index is 0.0734. The van der Waals surface area contributed by atoms with E-state index < -0.39 is 11.5 Å². The van der Waals surface area contributed by atoms with Gasteiger partial charge in [0.1, 0.15) is 5.60 Å². The molecule has 214 valence electrons. The Bertz CT molecular complexity index is 1040. The molecule has 3 aliphatic heterocycles. The summed E-state index contributed by atoms with van der Waals surface area (Å²) in [5, 5.41) is 5.79. The monoisotopic (exact) mass is 542 g/mol. The van der Waals surface area contributed by atoms with Gasteiger partial charge in [-0.05, 0) is 63.5 Å². The lowest BCUT2D eigenvalue weighted by Gasteiger charge is -2.46. The summed E-state index contributed by atoms with van der Waals surface area (Å²) in [6.45, 7) is 8.95. The number of ether oxygens (including phenoxy) is 1. The number of rotatable bonds is 5. The van der Waals surface area contributed by atoms with Crippen molar-refractivity contribution in [2.75, 3.05) is 46.3 Å². The van der Waals surface area contributed by atoms with Crippen LogP contribution < -0.4 is 10.6 Å². The van der Waals surface area contributed by atoms with Crippen LogP contribution in [-0.4, -0.2) is 95.5 Å². The van der Waals surface area contributed by atoms with E-state index in [9.17, 15) is 19.2 Å². The number of piperidine rings is 2. The Morgan fingerprint density at radius 1 is 1.03 bits per heavy atom. The maximum Gasteiger partial charge on any atom is 0.410 e. The number of carbonyl (C=O) groups excluding carboxylic acids is 4. The molecule has 0 aromatic carbocycles. The Labute approximate surface area is 230 Å². The van der Waals surface area contributed by atoms with E-state index in [0.29, 0.717) is 32.7 Å². The molecule has 3 saturated heterocycles. The standard InChI is InChI=1S/C28H42N6O5/c1-27(2,3)39-26(38)34-16-9-28(10-17-34)7-14-33(15-8-28)25(37)31-13-12-30-24(36)21-18-22(35)32(4)23(21)20-6-5-11-29-19-20/h5-6,11,19,21,23H,7-10,12-18H2,1-4H3,(H,30,36)(H,31,37)/t21-,23+/m0/s1. The van der Waals surface area contributed by atoms with Crippen LogP contribution in [0.25, 0.3) is 0 Å². The average Bonchev–Trinajstić information content (AvgIpc) is 3.20. The fourth-order valence-corrected chi connectivity index (χ4v) is 5.88. The SMILES string of the molecule is CN1C(=O)C[C@H](C(=O)NCCNC(=O)N2CCC3(CC2)CCN(C(=O)OC(C)(C)C)CC3)[C@H]1c1cccnc1. The Balaban J connectivity index is 1.17. The number of nitrogens with zero attached hydrogens (tertiary/aromatic N) is 4. The van der Waals surface area contributed by atoms with E-state index in [2.05, 4.69) is 15.6 Å². The van der Waals surface area contributed by atoms with E-state index in [1.54, 1.807) is 35.3 Å². The van der Waals surface area contributed by atoms with Gasteiger partial charge in [0.25, 0.3) is 0 Å². The van der Waals surface area contributed by atoms with E-state index in [4.69, 9.17) is 4.74 Å². The average molecular weight is 543 g/mol. The van der Waals surface area contributed by atoms with Crippen molar-refractivity contribution in [1.82, 2.24) is 30.3 Å². The summed E-state index contributed by atoms with van der Waals surface area (Å²) >= 11 is 0. The van der Waals surface area contributed by atoms with E-state index in [0.717, 1.165) is 31.2 Å². The second kappa shape index (κ2) is 11.8. The van der Waals surface area contributed by atoms with Gasteiger partial charge in [-0.2, -0.15) is 0 Å². The van der Waals surface area contributed by atoms with Gasteiger partial charge in [0, 0.05) is 65.1 Å². The fraction of sp³-hybridized carbons (Fsp3) is 0.679. The van der Waals surface area contributed by atoms with Crippen molar-refractivity contribution in [2.24, 2.45) is 11.3 Å². The maximum atomic E-state index is 12.9. The first-order valence-corrected chi connectivity index (χ1v) is 13.9. The molecule has 0 bridgehead atoms. The zero-order valence-electron chi connectivity index (χ0n) is 23.6. The van der Waals surface area contributed by atoms with E-state index >= 15 is 0 Å². The number of amides is 5. The summed E-state index contributed by atoms with van der Waals surface area (Å²) in [5.74, 6) is -0.772. The number of aromatic nitrogens is 1. The number of nitrogens with one attached hydrogen (secondary N) is 2. The van der Waals surface area contributed by atoms with Crippen LogP contribution in [0.5, 0.6) is 0 Å². The molecule has 1 aromatic heterocycles. The van der Waals surface area contributed by atoms with Crippen LogP contribution in [0.3, 0.4) is 0 Å². The van der Waals surface area contributed by atoms with E-state index in [-0.39, 0.29) is 48.4 Å². The first kappa shape index (κ1) is 28.6. The van der Waals surface area contributed by atoms with Gasteiger partial charge in [0.2, 0.25) is 11.8 Å². The van der Waals surface area contributed by atoms with Crippen LogP contribution in [0, 0.1) is 11.3 Å². The van der Waals surface area contributed by atoms with Gasteiger partial charge in [-0.25, -0.2) is 9.59 Å². The third kappa shape index (κ3) is 6.99. The minimum atomic E-state index is -0.498. The Hall–Kier alpha value is -3.37. The number of urea groups is 1. The van der Waals surface area contributed by atoms with Crippen LogP contribution in [0.1, 0.15) is 64.5 Å². The highest BCUT2D eigenvalue weighted by Gasteiger charge is 2.43. The molecule has 3 fully saturated rings. The molecular weight excluding hydrogens is 500 g/mol. The van der Waals surface area contributed by atoms with Crippen molar-refractivity contribution in [3.63, 3.8) is 0 Å². The molecule has 2 atom stereocenters. The normalized spacial score (nSPS) is 23.1. The summed E-state index contributed by atoms with van der Waals surface area (Å²) in [5.41, 5.74) is 0.500. The van der Waals surface area contributed by atoms with Crippen LogP contribution in [0.2, 0.25) is 0 Å². The number of hydrogen-bond donors (Lipinski definition) is 2. The quantitative estimate of drug-likeness (QED) is 0.551. The Kier molecular flexibility index (Phi) is 8.66. The highest BCUT2D eigenvalue weighted by molar-refractivity contribution is 5.90. The molecular formula is C28H42N6O5. The second-order valence-corrected chi connectivity index (χ2v) is 12.0. The van der Waals surface area contributed by atoms with E-state index in [1.807, 2.05) is 31.7 Å². The molecule has 5 amide bonds. The predicted molar refractivity (Wildman–Crippen MR) is 145 cm³/mol. The largest absolute Gasteiger partial charge is 0.444 e. The van der Waals surface area contributed by atoms with Gasteiger partial charge in [0.15, 0.2) is 0 Å². The van der Waals surface area contributed by atoms with Crippen LogP contribution in [0.15, 0.2) is 24.5 Å². The summed E-state index contributed by atoms with van der Waals surface area (Å²) < 4.78 is 5.51. The van der Waals surface area contributed by atoms with Gasteiger partial charge in [-0.15, -0.1) is 0 Å². The van der Waals surface area contributed by atoms with Crippen LogP contribution >= 0.6 is 0 Å². The molecule has 4 heterocycles. The summed E-state index contributed by atoms with van der Waals surface area (Å²) in [7, 11) is 1.71. The van der Waals surface area contributed by atoms with Gasteiger partial charge >= 0.3 is 12.1 Å². The lowest BCUT2D eigenvalue weighted by molar-refractivity contribution is -0.128. The second-order valence-electron chi connectivity index (χ2n) is 12.0. The third-order valence-electron chi connectivity index (χ3n) is 8.24. The molecule has 1 spiro atoms. The van der Waals surface area contributed by atoms with Gasteiger partial charge in [0.05, 0.1) is 12.0 Å². The maximum absolute atomic E-state index is 12.9. The molecule has 0 saturated carbocycles. The highest BCUT2D eigenvalue weighted by Crippen LogP contribution is 2.41. The van der Waals surface area contributed by atoms with Gasteiger partial charge in [-0.1, -0.05) is 6.07 Å². The summed E-state index contributed by atoms with van der Waals surface area (Å²) in [6.07, 6.45) is 6.93. The smallest absolute Gasteiger partial charge is 0.410 e. The molecule has 2 N–H and O–H groups in total. The van der Waals surface area contributed by atoms with Crippen molar-refractivity contribution in [2.45, 2.75) is 64.5 Å². The number of carbonyl (C=O) groups is 4. The van der Waals surface area contributed by atoms with Crippen molar-refractivity contribution in [3.8, 4) is 0 Å². The molecule has 39 heavy (non-hydrogen) atoms. The Morgan fingerprint density at radius 2 is 1.64 bits per heavy atom. The zero-order chi connectivity index (χ0) is 28.2. The highest BCUT2D eigenvalue weighted by atomic mass is 16.6. The zero-order valence-corrected chi connectivity index (χ0v) is 23.6. The summed E-state index contributed by atoms with van der Waals surface area (Å²) in [6, 6.07) is 3.19. The number of hydrogen-bond acceptors (Lipinski definition) is 6. The number of likely N-dealkylation sites (tertiary alicyclic amines) is 3. The third-order valence-corrected chi connectivity index (χ3v) is 8.24. The minimum Gasteiger partial charge on any atom is -0.444 e. The van der Waals surface area contributed by atoms with Gasteiger partial charge < -0.3 is 30.1 Å². The lowest BCUT2D eigenvalue weighted by atomic mass is 9.71. The van der Waals surface area contributed by atoms with Gasteiger partial charge in [-0.3, -0.25) is 14.6 Å². The topological polar surface area (TPSA) is 124 Å². The molecule has 0 aliphatic carbocycles. The fourth-order valence-electron chi connectivity index (χ4n) is 5.88. The lowest BCUT2D eigenvalue weighted by Crippen LogP contribution is -2.52. The summed E-state index contributed by atoms with van der Waals surface area (Å²) in [4.78, 5) is 59.7. The van der Waals surface area contributed by atoms with Crippen molar-refractivity contribution in [1.29, 1.82) is 0 Å². The predicted octanol–water partition coefficient (Wildman–Crippen LogP) is 2.54. The molecule has 11 nitrogen and oxygen atoms in total. The molecule has 1 aromatic rings. The molecule has 4 rings (SSSR count). The molecule has 0 unspecified atom stereocenters. The van der Waals surface area contributed by atoms with Crippen molar-refractivity contribution >= 4 is 23.9 Å². The number of pyridine rings is 1. The molecule has 11 heteroatoms. The first-order chi connectivity index (χ1) is 18.5. The molecule has 3 aliphatic rings. The van der Waals surface area contributed by atoms with Crippen molar-refractivity contribution < 1.29 is 23.9 Å². The Morgan fingerprint density at radius 3 is 2.23 bits per heavy atom. The van der Waals surface area contributed by atoms with Crippen molar-refractivity contribution in [3.05, 3.63) is 30.1 Å². The first-order valence-electron chi connectivity index (χ1n) is 13.9. The van der Waals surface area contributed by atoms with Crippen LogP contribution in [-0.2, 0) is 14.3 Å². The van der Waals surface area contributed by atoms with E-state index in [1.165, 1.54) is 0 Å².